The zero-order valence-electron chi connectivity index (χ0n) is 16.2. The molecule has 6 nitrogen and oxygen atoms in total. The van der Waals surface area contributed by atoms with Crippen LogP contribution in [-0.2, 0) is 23.9 Å². The van der Waals surface area contributed by atoms with Crippen LogP contribution >= 0.6 is 0 Å². The zero-order valence-corrected chi connectivity index (χ0v) is 16.2. The molecule has 1 aromatic carbocycles. The first kappa shape index (κ1) is 22.8. The van der Waals surface area contributed by atoms with Crippen LogP contribution in [0.15, 0.2) is 24.8 Å². The minimum absolute atomic E-state index is 0.0213. The van der Waals surface area contributed by atoms with Crippen molar-refractivity contribution in [3.63, 3.8) is 0 Å². The van der Waals surface area contributed by atoms with Gasteiger partial charge in [0.25, 0.3) is 0 Å². The lowest BCUT2D eigenvalue weighted by atomic mass is 10.0. The van der Waals surface area contributed by atoms with Gasteiger partial charge >= 0.3 is 6.18 Å². The predicted molar refractivity (Wildman–Crippen MR) is 96.9 cm³/mol. The van der Waals surface area contributed by atoms with E-state index in [9.17, 15) is 31.1 Å². The smallest absolute Gasteiger partial charge is 0.330 e. The van der Waals surface area contributed by atoms with Gasteiger partial charge in [0.15, 0.2) is 17.5 Å². The molecule has 31 heavy (non-hydrogen) atoms. The molecule has 1 aliphatic heterocycles. The summed E-state index contributed by atoms with van der Waals surface area (Å²) in [5.74, 6) is -5.23. The Labute approximate surface area is 173 Å². The maximum Gasteiger partial charge on any atom is 0.451 e. The lowest BCUT2D eigenvalue weighted by molar-refractivity contribution is -0.148. The Morgan fingerprint density at radius 2 is 1.87 bits per heavy atom. The molecule has 168 valence electrons. The van der Waals surface area contributed by atoms with Crippen LogP contribution in [0.25, 0.3) is 0 Å². The highest BCUT2D eigenvalue weighted by Crippen LogP contribution is 2.34. The minimum Gasteiger partial charge on any atom is -0.330 e. The largest absolute Gasteiger partial charge is 0.451 e. The Morgan fingerprint density at radius 3 is 2.52 bits per heavy atom. The number of halogens is 6. The fraction of sp³-hybridized carbons (Fsp3) is 0.421. The van der Waals surface area contributed by atoms with Gasteiger partial charge in [-0.15, -0.1) is 16.8 Å². The molecule has 0 aliphatic carbocycles. The second kappa shape index (κ2) is 8.69. The van der Waals surface area contributed by atoms with Crippen LogP contribution < -0.4 is 5.73 Å². The van der Waals surface area contributed by atoms with Gasteiger partial charge < -0.3 is 15.2 Å². The average molecular weight is 447 g/mol. The Kier molecular flexibility index (Phi) is 6.39. The van der Waals surface area contributed by atoms with Crippen LogP contribution in [0.5, 0.6) is 0 Å². The summed E-state index contributed by atoms with van der Waals surface area (Å²) in [4.78, 5) is 14.1. The summed E-state index contributed by atoms with van der Waals surface area (Å²) in [6.45, 7) is 3.36. The van der Waals surface area contributed by atoms with Crippen molar-refractivity contribution in [1.82, 2.24) is 19.7 Å². The van der Waals surface area contributed by atoms with Crippen molar-refractivity contribution in [2.75, 3.05) is 6.54 Å². The van der Waals surface area contributed by atoms with E-state index in [0.29, 0.717) is 12.1 Å². The molecular weight excluding hydrogens is 428 g/mol. The normalized spacial score (nSPS) is 17.4. The van der Waals surface area contributed by atoms with Crippen LogP contribution in [0.4, 0.5) is 26.3 Å². The topological polar surface area (TPSA) is 77.0 Å². The molecule has 0 saturated heterocycles. The maximum absolute atomic E-state index is 13.8. The molecule has 0 radical (unpaired) electrons. The average Bonchev–Trinajstić information content (AvgIpc) is 3.11. The summed E-state index contributed by atoms with van der Waals surface area (Å²) in [7, 11) is 0. The summed E-state index contributed by atoms with van der Waals surface area (Å²) in [6.07, 6.45) is -3.63. The van der Waals surface area contributed by atoms with E-state index in [2.05, 4.69) is 16.8 Å². The molecular formula is C19H19F6N5O. The Balaban J connectivity index is 1.76. The molecule has 0 spiro atoms. The third-order valence-electron chi connectivity index (χ3n) is 4.99. The van der Waals surface area contributed by atoms with Gasteiger partial charge in [0.1, 0.15) is 5.82 Å². The van der Waals surface area contributed by atoms with Crippen LogP contribution in [-0.4, -0.2) is 38.2 Å². The number of carbonyl (C=O) groups excluding carboxylic acids is 1. The van der Waals surface area contributed by atoms with E-state index >= 15 is 0 Å². The first-order valence-corrected chi connectivity index (χ1v) is 9.32. The van der Waals surface area contributed by atoms with Gasteiger partial charge in [0.05, 0.1) is 6.04 Å². The van der Waals surface area contributed by atoms with Crippen LogP contribution in [0.1, 0.15) is 36.1 Å². The summed E-state index contributed by atoms with van der Waals surface area (Å²) >= 11 is 0. The molecule has 1 aliphatic rings. The number of aromatic nitrogens is 3. The van der Waals surface area contributed by atoms with E-state index in [-0.39, 0.29) is 43.7 Å². The van der Waals surface area contributed by atoms with Crippen molar-refractivity contribution in [3.05, 3.63) is 59.5 Å². The molecule has 0 unspecified atom stereocenters. The molecule has 2 aromatic rings. The number of nitrogens with zero attached hydrogens (tertiary/aromatic N) is 4. The van der Waals surface area contributed by atoms with Crippen molar-refractivity contribution >= 4 is 5.91 Å². The van der Waals surface area contributed by atoms with Gasteiger partial charge in [-0.05, 0) is 24.5 Å². The summed E-state index contributed by atoms with van der Waals surface area (Å²) in [5.41, 5.74) is 5.73. The number of hydrogen-bond donors (Lipinski definition) is 1. The number of nitrogens with two attached hydrogens (primary N) is 1. The summed E-state index contributed by atoms with van der Waals surface area (Å²) < 4.78 is 80.5. The van der Waals surface area contributed by atoms with Crippen molar-refractivity contribution in [3.8, 4) is 0 Å². The number of rotatable bonds is 6. The van der Waals surface area contributed by atoms with E-state index in [1.54, 1.807) is 0 Å². The molecule has 2 atom stereocenters. The molecule has 2 heterocycles. The van der Waals surface area contributed by atoms with Gasteiger partial charge in [-0.25, -0.2) is 13.2 Å². The molecule has 2 N–H and O–H groups in total. The lowest BCUT2D eigenvalue weighted by Crippen LogP contribution is -2.45. The van der Waals surface area contributed by atoms with Crippen molar-refractivity contribution < 1.29 is 31.1 Å². The number of alkyl halides is 3. The zero-order chi connectivity index (χ0) is 22.9. The second-order valence-electron chi connectivity index (χ2n) is 7.18. The Morgan fingerprint density at radius 1 is 1.19 bits per heavy atom. The van der Waals surface area contributed by atoms with Crippen LogP contribution in [0.2, 0.25) is 0 Å². The standard InChI is InChI=1S/C19H19F6N5O/c1-2-3-15-17-27-28-18(19(23,24)25)30(17)5-4-29(15)16(31)8-11(26)6-10-7-13(21)14(22)9-12(10)20/h2,7,9,11,15H,1,3-6,8,26H2/t11-,15-/m1/s1. The number of fused-ring (bicyclic) bond motifs is 1. The first-order valence-electron chi connectivity index (χ1n) is 9.32. The maximum atomic E-state index is 13.8. The van der Waals surface area contributed by atoms with Crippen LogP contribution in [0.3, 0.4) is 0 Å². The monoisotopic (exact) mass is 447 g/mol. The first-order chi connectivity index (χ1) is 14.5. The second-order valence-corrected chi connectivity index (χ2v) is 7.18. The molecule has 0 fully saturated rings. The molecule has 3 rings (SSSR count). The lowest BCUT2D eigenvalue weighted by Gasteiger charge is -2.36. The van der Waals surface area contributed by atoms with Crippen molar-refractivity contribution in [1.29, 1.82) is 0 Å². The molecule has 0 saturated carbocycles. The van der Waals surface area contributed by atoms with Gasteiger partial charge in [-0.1, -0.05) is 6.08 Å². The van der Waals surface area contributed by atoms with E-state index in [1.807, 2.05) is 0 Å². The molecule has 1 aromatic heterocycles. The Bertz CT molecular complexity index is 989. The quantitative estimate of drug-likeness (QED) is 0.420. The van der Waals surface area contributed by atoms with Gasteiger partial charge in [-0.3, -0.25) is 4.79 Å². The van der Waals surface area contributed by atoms with Crippen molar-refractivity contribution in [2.24, 2.45) is 5.73 Å². The van der Waals surface area contributed by atoms with Crippen LogP contribution in [0, 0.1) is 17.5 Å². The predicted octanol–water partition coefficient (Wildman–Crippen LogP) is 3.13. The third-order valence-corrected chi connectivity index (χ3v) is 4.99. The molecule has 0 bridgehead atoms. The fourth-order valence-corrected chi connectivity index (χ4v) is 3.60. The molecule has 1 amide bonds. The highest BCUT2D eigenvalue weighted by Gasteiger charge is 2.42. The Hall–Kier alpha value is -2.89. The van der Waals surface area contributed by atoms with Gasteiger partial charge in [0, 0.05) is 31.6 Å². The SMILES string of the molecule is C=CC[C@@H]1c2nnc(C(F)(F)F)n2CCN1C(=O)C[C@H](N)Cc1cc(F)c(F)cc1F. The minimum atomic E-state index is -4.69. The van der Waals surface area contributed by atoms with E-state index in [1.165, 1.54) is 11.0 Å². The number of carbonyl (C=O) groups is 1. The number of benzene rings is 1. The van der Waals surface area contributed by atoms with Gasteiger partial charge in [-0.2, -0.15) is 13.2 Å². The summed E-state index contributed by atoms with van der Waals surface area (Å²) in [5, 5.41) is 6.85. The summed E-state index contributed by atoms with van der Waals surface area (Å²) in [6, 6.07) is -0.677. The number of amides is 1. The number of hydrogen-bond acceptors (Lipinski definition) is 4. The fourth-order valence-electron chi connectivity index (χ4n) is 3.60. The highest BCUT2D eigenvalue weighted by molar-refractivity contribution is 5.77. The van der Waals surface area contributed by atoms with E-state index in [0.717, 1.165) is 4.57 Å². The van der Waals surface area contributed by atoms with Gasteiger partial charge in [0.2, 0.25) is 11.7 Å². The van der Waals surface area contributed by atoms with E-state index < -0.39 is 47.4 Å². The molecule has 12 heteroatoms. The van der Waals surface area contributed by atoms with Crippen molar-refractivity contribution in [2.45, 2.75) is 44.1 Å². The highest BCUT2D eigenvalue weighted by atomic mass is 19.4. The van der Waals surface area contributed by atoms with E-state index in [4.69, 9.17) is 5.73 Å². The third kappa shape index (κ3) is 4.73.